The third-order valence-corrected chi connectivity index (χ3v) is 5.87. The summed E-state index contributed by atoms with van der Waals surface area (Å²) in [5.41, 5.74) is 2.40. The number of ether oxygens (including phenoxy) is 1. The lowest BCUT2D eigenvalue weighted by atomic mass is 9.96. The van der Waals surface area contributed by atoms with Crippen LogP contribution in [0.1, 0.15) is 48.7 Å². The van der Waals surface area contributed by atoms with Crippen LogP contribution in [0.4, 0.5) is 5.69 Å². The van der Waals surface area contributed by atoms with Crippen LogP contribution in [0.25, 0.3) is 5.82 Å². The van der Waals surface area contributed by atoms with Gasteiger partial charge in [-0.3, -0.25) is 4.79 Å². The zero-order valence-corrected chi connectivity index (χ0v) is 18.1. The molecule has 0 spiro atoms. The molecule has 0 saturated carbocycles. The molecule has 0 aliphatic carbocycles. The van der Waals surface area contributed by atoms with Crippen molar-refractivity contribution in [1.82, 2.24) is 19.7 Å². The van der Waals surface area contributed by atoms with Gasteiger partial charge in [-0.05, 0) is 61.8 Å². The van der Waals surface area contributed by atoms with E-state index in [9.17, 15) is 4.79 Å². The van der Waals surface area contributed by atoms with E-state index in [-0.39, 0.29) is 12.0 Å². The molecule has 31 heavy (non-hydrogen) atoms. The maximum Gasteiger partial charge on any atom is 0.257 e. The minimum Gasteiger partial charge on any atom is -0.373 e. The van der Waals surface area contributed by atoms with E-state index in [1.807, 2.05) is 36.5 Å². The first-order chi connectivity index (χ1) is 15.2. The van der Waals surface area contributed by atoms with Crippen LogP contribution in [0.15, 0.2) is 61.1 Å². The molecule has 1 aliphatic rings. The van der Waals surface area contributed by atoms with Gasteiger partial charge in [0.1, 0.15) is 0 Å². The van der Waals surface area contributed by atoms with E-state index in [1.54, 1.807) is 29.2 Å². The van der Waals surface area contributed by atoms with E-state index in [0.29, 0.717) is 17.4 Å². The van der Waals surface area contributed by atoms with Crippen LogP contribution >= 0.6 is 0 Å². The molecule has 1 N–H and O–H groups in total. The van der Waals surface area contributed by atoms with Crippen molar-refractivity contribution in [3.05, 3.63) is 72.2 Å². The number of carbonyl (C=O) groups excluding carboxylic acids is 1. The van der Waals surface area contributed by atoms with Gasteiger partial charge in [0.15, 0.2) is 5.82 Å². The Hall–Kier alpha value is -3.03. The average molecular weight is 420 g/mol. The number of hydrogen-bond donors (Lipinski definition) is 1. The molecular formula is C24H29N5O2. The van der Waals surface area contributed by atoms with E-state index in [4.69, 9.17) is 4.74 Å². The predicted octanol–water partition coefficient (Wildman–Crippen LogP) is 4.08. The van der Waals surface area contributed by atoms with Gasteiger partial charge in [0, 0.05) is 36.9 Å². The van der Waals surface area contributed by atoms with Crippen molar-refractivity contribution in [3.8, 4) is 5.82 Å². The molecule has 162 valence electrons. The quantitative estimate of drug-likeness (QED) is 0.625. The summed E-state index contributed by atoms with van der Waals surface area (Å²) in [5.74, 6) is 0.476. The lowest BCUT2D eigenvalue weighted by molar-refractivity contribution is -0.0265. The van der Waals surface area contributed by atoms with E-state index in [1.165, 1.54) is 0 Å². The van der Waals surface area contributed by atoms with Crippen molar-refractivity contribution in [2.45, 2.75) is 38.8 Å². The molecule has 0 unspecified atom stereocenters. The molecule has 1 aromatic carbocycles. The number of aromatic nitrogens is 3. The maximum absolute atomic E-state index is 12.6. The third-order valence-electron chi connectivity index (χ3n) is 5.87. The monoisotopic (exact) mass is 419 g/mol. The Morgan fingerprint density at radius 1 is 1.19 bits per heavy atom. The molecule has 1 aliphatic heterocycles. The first-order valence-electron chi connectivity index (χ1n) is 10.9. The Morgan fingerprint density at radius 2 is 2.00 bits per heavy atom. The highest BCUT2D eigenvalue weighted by Crippen LogP contribution is 2.31. The van der Waals surface area contributed by atoms with E-state index in [2.05, 4.69) is 34.1 Å². The molecule has 1 saturated heterocycles. The van der Waals surface area contributed by atoms with Crippen LogP contribution in [0.2, 0.25) is 0 Å². The molecule has 0 radical (unpaired) electrons. The largest absolute Gasteiger partial charge is 0.373 e. The van der Waals surface area contributed by atoms with Crippen molar-refractivity contribution in [2.75, 3.05) is 25.0 Å². The number of nitrogens with zero attached hydrogens (tertiary/aromatic N) is 4. The van der Waals surface area contributed by atoms with Gasteiger partial charge >= 0.3 is 0 Å². The molecule has 2 aromatic heterocycles. The Bertz CT molecular complexity index is 966. The number of nitrogens with one attached hydrogen (secondary N) is 1. The van der Waals surface area contributed by atoms with Crippen molar-refractivity contribution in [1.29, 1.82) is 0 Å². The van der Waals surface area contributed by atoms with Gasteiger partial charge in [-0.1, -0.05) is 26.0 Å². The van der Waals surface area contributed by atoms with Gasteiger partial charge < -0.3 is 15.0 Å². The van der Waals surface area contributed by atoms with E-state index in [0.717, 1.165) is 43.8 Å². The van der Waals surface area contributed by atoms with Crippen molar-refractivity contribution in [2.24, 2.45) is 0 Å². The summed E-state index contributed by atoms with van der Waals surface area (Å²) in [7, 11) is 0. The summed E-state index contributed by atoms with van der Waals surface area (Å²) in [6.45, 7) is 7.34. The van der Waals surface area contributed by atoms with Gasteiger partial charge in [0.25, 0.3) is 5.91 Å². The number of benzene rings is 1. The lowest BCUT2D eigenvalue weighted by Crippen LogP contribution is -2.40. The van der Waals surface area contributed by atoms with Crippen molar-refractivity contribution in [3.63, 3.8) is 0 Å². The van der Waals surface area contributed by atoms with Gasteiger partial charge in [0.2, 0.25) is 0 Å². The molecule has 0 bridgehead atoms. The molecule has 7 nitrogen and oxygen atoms in total. The van der Waals surface area contributed by atoms with Gasteiger partial charge in [-0.2, -0.15) is 5.10 Å². The molecule has 1 fully saturated rings. The first-order valence-corrected chi connectivity index (χ1v) is 10.9. The number of amides is 1. The van der Waals surface area contributed by atoms with Crippen LogP contribution < -0.4 is 5.32 Å². The minimum absolute atomic E-state index is 0.100. The second-order valence-electron chi connectivity index (χ2n) is 7.69. The number of pyridine rings is 1. The van der Waals surface area contributed by atoms with Crippen LogP contribution in [-0.2, 0) is 4.74 Å². The number of carbonyl (C=O) groups is 1. The second-order valence-corrected chi connectivity index (χ2v) is 7.69. The first kappa shape index (κ1) is 21.2. The van der Waals surface area contributed by atoms with Crippen LogP contribution in [-0.4, -0.2) is 51.3 Å². The normalized spacial score (nSPS) is 18.8. The Balaban J connectivity index is 1.37. The molecule has 7 heteroatoms. The topological polar surface area (TPSA) is 72.3 Å². The zero-order chi connectivity index (χ0) is 21.6. The average Bonchev–Trinajstić information content (AvgIpc) is 3.36. The molecular weight excluding hydrogens is 390 g/mol. The molecule has 2 atom stereocenters. The number of anilines is 1. The summed E-state index contributed by atoms with van der Waals surface area (Å²) in [5, 5.41) is 7.08. The summed E-state index contributed by atoms with van der Waals surface area (Å²) in [6.07, 6.45) is 7.24. The van der Waals surface area contributed by atoms with Crippen molar-refractivity contribution >= 4 is 11.6 Å². The van der Waals surface area contributed by atoms with Gasteiger partial charge in [0.05, 0.1) is 11.7 Å². The Labute approximate surface area is 183 Å². The van der Waals surface area contributed by atoms with Crippen LogP contribution in [0.5, 0.6) is 0 Å². The lowest BCUT2D eigenvalue weighted by Gasteiger charge is -2.36. The summed E-state index contributed by atoms with van der Waals surface area (Å²) in [6, 6.07) is 13.9. The highest BCUT2D eigenvalue weighted by molar-refractivity contribution is 6.04. The molecule has 4 rings (SSSR count). The number of hydrogen-bond acceptors (Lipinski definition) is 5. The molecule has 3 aromatic rings. The minimum atomic E-state index is -0.192. The SMILES string of the molecule is CCN(CC)[C@@H]1CCO[C@H](c2ccc(NC(=O)c3ccc(-n4cccn4)nc3)cc2)C1. The fourth-order valence-electron chi connectivity index (χ4n) is 4.13. The predicted molar refractivity (Wildman–Crippen MR) is 120 cm³/mol. The molecule has 1 amide bonds. The summed E-state index contributed by atoms with van der Waals surface area (Å²) in [4.78, 5) is 19.4. The fourth-order valence-corrected chi connectivity index (χ4v) is 4.13. The maximum atomic E-state index is 12.6. The Kier molecular flexibility index (Phi) is 6.74. The van der Waals surface area contributed by atoms with Gasteiger partial charge in [-0.25, -0.2) is 9.67 Å². The highest BCUT2D eigenvalue weighted by Gasteiger charge is 2.27. The van der Waals surface area contributed by atoms with Crippen molar-refractivity contribution < 1.29 is 9.53 Å². The van der Waals surface area contributed by atoms with Crippen LogP contribution in [0, 0.1) is 0 Å². The number of rotatable bonds is 7. The van der Waals surface area contributed by atoms with Gasteiger partial charge in [-0.15, -0.1) is 0 Å². The Morgan fingerprint density at radius 3 is 2.65 bits per heavy atom. The van der Waals surface area contributed by atoms with Crippen LogP contribution in [0.3, 0.4) is 0 Å². The smallest absolute Gasteiger partial charge is 0.257 e. The summed E-state index contributed by atoms with van der Waals surface area (Å²) >= 11 is 0. The molecule has 3 heterocycles. The standard InChI is InChI=1S/C24H29N5O2/c1-3-28(4-2)21-12-15-31-22(16-21)18-6-9-20(10-7-18)27-24(30)19-8-11-23(25-17-19)29-14-5-13-26-29/h5-11,13-14,17,21-22H,3-4,12,15-16H2,1-2H3,(H,27,30)/t21-,22+/m1/s1. The van der Waals surface area contributed by atoms with E-state index >= 15 is 0 Å². The third kappa shape index (κ3) is 5.00. The zero-order valence-electron chi connectivity index (χ0n) is 18.1. The van der Waals surface area contributed by atoms with E-state index < -0.39 is 0 Å². The second kappa shape index (κ2) is 9.85. The fraction of sp³-hybridized carbons (Fsp3) is 0.375. The summed E-state index contributed by atoms with van der Waals surface area (Å²) < 4.78 is 7.69. The highest BCUT2D eigenvalue weighted by atomic mass is 16.5.